The molecule has 18 heavy (non-hydrogen) atoms. The van der Waals surface area contributed by atoms with E-state index in [4.69, 9.17) is 9.26 Å². The Morgan fingerprint density at radius 2 is 2.50 bits per heavy atom. The first kappa shape index (κ1) is 13.5. The van der Waals surface area contributed by atoms with E-state index in [0.29, 0.717) is 6.04 Å². The SMILES string of the molecule is COCCN(Cc1cc(C)no1)CC1CCCN1. The maximum absolute atomic E-state index is 5.29. The summed E-state index contributed by atoms with van der Waals surface area (Å²) in [5.41, 5.74) is 0.940. The Labute approximate surface area is 108 Å². The molecule has 0 aliphatic carbocycles. The third-order valence-corrected chi connectivity index (χ3v) is 3.31. The van der Waals surface area contributed by atoms with Crippen molar-refractivity contribution in [2.45, 2.75) is 32.4 Å². The lowest BCUT2D eigenvalue weighted by Gasteiger charge is -2.24. The van der Waals surface area contributed by atoms with Crippen LogP contribution in [0.4, 0.5) is 0 Å². The Kier molecular flexibility index (Phi) is 5.16. The Bertz CT molecular complexity index is 348. The lowest BCUT2D eigenvalue weighted by Crippen LogP contribution is -2.38. The second-order valence-electron chi connectivity index (χ2n) is 4.96. The predicted octanol–water partition coefficient (Wildman–Crippen LogP) is 1.18. The molecule has 0 amide bonds. The molecule has 1 aromatic rings. The fourth-order valence-corrected chi connectivity index (χ4v) is 2.39. The monoisotopic (exact) mass is 253 g/mol. The van der Waals surface area contributed by atoms with Gasteiger partial charge in [0.15, 0.2) is 5.76 Å². The molecule has 1 unspecified atom stereocenters. The van der Waals surface area contributed by atoms with Crippen molar-refractivity contribution in [3.63, 3.8) is 0 Å². The first-order valence-electron chi connectivity index (χ1n) is 6.65. The van der Waals surface area contributed by atoms with Gasteiger partial charge >= 0.3 is 0 Å². The molecule has 1 fully saturated rings. The van der Waals surface area contributed by atoms with Crippen molar-refractivity contribution in [3.8, 4) is 0 Å². The van der Waals surface area contributed by atoms with Crippen LogP contribution in [0, 0.1) is 6.92 Å². The summed E-state index contributed by atoms with van der Waals surface area (Å²) in [6.45, 7) is 6.62. The van der Waals surface area contributed by atoms with Gasteiger partial charge < -0.3 is 14.6 Å². The highest BCUT2D eigenvalue weighted by molar-refractivity contribution is 5.03. The lowest BCUT2D eigenvalue weighted by atomic mass is 10.2. The number of methoxy groups -OCH3 is 1. The van der Waals surface area contributed by atoms with Crippen LogP contribution in [0.2, 0.25) is 0 Å². The van der Waals surface area contributed by atoms with Gasteiger partial charge in [0.25, 0.3) is 0 Å². The Balaban J connectivity index is 1.86. The second-order valence-corrected chi connectivity index (χ2v) is 4.96. The van der Waals surface area contributed by atoms with Gasteiger partial charge in [0.2, 0.25) is 0 Å². The smallest absolute Gasteiger partial charge is 0.150 e. The summed E-state index contributed by atoms with van der Waals surface area (Å²) < 4.78 is 10.5. The van der Waals surface area contributed by atoms with E-state index in [0.717, 1.165) is 44.2 Å². The van der Waals surface area contributed by atoms with E-state index in [1.54, 1.807) is 7.11 Å². The summed E-state index contributed by atoms with van der Waals surface area (Å²) in [6.07, 6.45) is 2.54. The molecule has 102 valence electrons. The number of ether oxygens (including phenoxy) is 1. The minimum absolute atomic E-state index is 0.603. The predicted molar refractivity (Wildman–Crippen MR) is 69.4 cm³/mol. The molecule has 2 rings (SSSR count). The van der Waals surface area contributed by atoms with Crippen molar-refractivity contribution in [1.29, 1.82) is 0 Å². The standard InChI is InChI=1S/C13H23N3O2/c1-11-8-13(18-15-11)10-16(6-7-17-2)9-12-4-3-5-14-12/h8,12,14H,3-7,9-10H2,1-2H3. The Morgan fingerprint density at radius 3 is 3.11 bits per heavy atom. The molecule has 1 N–H and O–H groups in total. The van der Waals surface area contributed by atoms with Crippen molar-refractivity contribution in [2.24, 2.45) is 0 Å². The van der Waals surface area contributed by atoms with Crippen LogP contribution in [0.5, 0.6) is 0 Å². The zero-order valence-electron chi connectivity index (χ0n) is 11.3. The van der Waals surface area contributed by atoms with Gasteiger partial charge in [-0.3, -0.25) is 4.90 Å². The molecule has 1 aromatic heterocycles. The molecule has 0 aromatic carbocycles. The molecule has 1 aliphatic rings. The molecule has 0 radical (unpaired) electrons. The average molecular weight is 253 g/mol. The molecule has 2 heterocycles. The number of aromatic nitrogens is 1. The van der Waals surface area contributed by atoms with Gasteiger partial charge in [0, 0.05) is 32.3 Å². The molecule has 5 heteroatoms. The molecular weight excluding hydrogens is 230 g/mol. The maximum Gasteiger partial charge on any atom is 0.150 e. The zero-order valence-corrected chi connectivity index (χ0v) is 11.3. The van der Waals surface area contributed by atoms with Crippen molar-refractivity contribution in [2.75, 3.05) is 33.4 Å². The maximum atomic E-state index is 5.29. The van der Waals surface area contributed by atoms with Crippen LogP contribution in [-0.2, 0) is 11.3 Å². The molecule has 0 bridgehead atoms. The fraction of sp³-hybridized carbons (Fsp3) is 0.769. The second kappa shape index (κ2) is 6.87. The quantitative estimate of drug-likeness (QED) is 0.791. The number of nitrogens with zero attached hydrogens (tertiary/aromatic N) is 2. The van der Waals surface area contributed by atoms with Gasteiger partial charge in [-0.05, 0) is 26.3 Å². The third-order valence-electron chi connectivity index (χ3n) is 3.31. The first-order chi connectivity index (χ1) is 8.78. The van der Waals surface area contributed by atoms with E-state index in [1.165, 1.54) is 12.8 Å². The highest BCUT2D eigenvalue weighted by Crippen LogP contribution is 2.11. The molecule has 0 saturated carbocycles. The van der Waals surface area contributed by atoms with Gasteiger partial charge in [-0.15, -0.1) is 0 Å². The van der Waals surface area contributed by atoms with E-state index in [1.807, 2.05) is 13.0 Å². The number of hydrogen-bond acceptors (Lipinski definition) is 5. The van der Waals surface area contributed by atoms with Crippen LogP contribution in [0.15, 0.2) is 10.6 Å². The van der Waals surface area contributed by atoms with Gasteiger partial charge in [0.05, 0.1) is 18.8 Å². The molecule has 5 nitrogen and oxygen atoms in total. The largest absolute Gasteiger partial charge is 0.383 e. The Morgan fingerprint density at radius 1 is 1.61 bits per heavy atom. The summed E-state index contributed by atoms with van der Waals surface area (Å²) in [5.74, 6) is 0.932. The fourth-order valence-electron chi connectivity index (χ4n) is 2.39. The molecule has 1 atom stereocenters. The third kappa shape index (κ3) is 4.08. The summed E-state index contributed by atoms with van der Waals surface area (Å²) in [6, 6.07) is 2.60. The average Bonchev–Trinajstić information content (AvgIpc) is 2.98. The van der Waals surface area contributed by atoms with Crippen LogP contribution >= 0.6 is 0 Å². The van der Waals surface area contributed by atoms with E-state index >= 15 is 0 Å². The van der Waals surface area contributed by atoms with E-state index < -0.39 is 0 Å². The van der Waals surface area contributed by atoms with Crippen LogP contribution < -0.4 is 5.32 Å². The van der Waals surface area contributed by atoms with Crippen molar-refractivity contribution in [3.05, 3.63) is 17.5 Å². The molecule has 0 spiro atoms. The van der Waals surface area contributed by atoms with Gasteiger partial charge in [0.1, 0.15) is 0 Å². The lowest BCUT2D eigenvalue weighted by molar-refractivity contribution is 0.131. The molecule has 1 saturated heterocycles. The topological polar surface area (TPSA) is 50.5 Å². The van der Waals surface area contributed by atoms with Crippen LogP contribution in [-0.4, -0.2) is 49.4 Å². The highest BCUT2D eigenvalue weighted by atomic mass is 16.5. The van der Waals surface area contributed by atoms with E-state index in [2.05, 4.69) is 15.4 Å². The van der Waals surface area contributed by atoms with Gasteiger partial charge in [-0.25, -0.2) is 0 Å². The zero-order chi connectivity index (χ0) is 12.8. The normalized spacial score (nSPS) is 19.8. The molecule has 1 aliphatic heterocycles. The summed E-state index contributed by atoms with van der Waals surface area (Å²) in [5, 5.41) is 7.46. The van der Waals surface area contributed by atoms with Crippen LogP contribution in [0.1, 0.15) is 24.3 Å². The van der Waals surface area contributed by atoms with Gasteiger partial charge in [-0.1, -0.05) is 5.16 Å². The van der Waals surface area contributed by atoms with E-state index in [9.17, 15) is 0 Å². The van der Waals surface area contributed by atoms with Crippen molar-refractivity contribution < 1.29 is 9.26 Å². The van der Waals surface area contributed by atoms with Crippen LogP contribution in [0.3, 0.4) is 0 Å². The van der Waals surface area contributed by atoms with Crippen LogP contribution in [0.25, 0.3) is 0 Å². The molecular formula is C13H23N3O2. The summed E-state index contributed by atoms with van der Waals surface area (Å²) in [4.78, 5) is 2.37. The summed E-state index contributed by atoms with van der Waals surface area (Å²) >= 11 is 0. The Hall–Kier alpha value is -0.910. The number of rotatable bonds is 7. The number of nitrogens with one attached hydrogen (secondary N) is 1. The van der Waals surface area contributed by atoms with Gasteiger partial charge in [-0.2, -0.15) is 0 Å². The number of hydrogen-bond donors (Lipinski definition) is 1. The van der Waals surface area contributed by atoms with Crippen molar-refractivity contribution >= 4 is 0 Å². The first-order valence-corrected chi connectivity index (χ1v) is 6.65. The summed E-state index contributed by atoms with van der Waals surface area (Å²) in [7, 11) is 1.74. The minimum atomic E-state index is 0.603. The van der Waals surface area contributed by atoms with E-state index in [-0.39, 0.29) is 0 Å². The minimum Gasteiger partial charge on any atom is -0.383 e. The highest BCUT2D eigenvalue weighted by Gasteiger charge is 2.18. The van der Waals surface area contributed by atoms with Crippen molar-refractivity contribution in [1.82, 2.24) is 15.4 Å². The number of aryl methyl sites for hydroxylation is 1.